The number of nitrogens with zero attached hydrogens (tertiary/aromatic N) is 4. The zero-order valence-electron chi connectivity index (χ0n) is 19.1. The number of pyridine rings is 1. The van der Waals surface area contributed by atoms with E-state index < -0.39 is 0 Å². The van der Waals surface area contributed by atoms with Crippen LogP contribution in [-0.2, 0) is 15.2 Å². The molecule has 3 aromatic rings. The molecule has 1 aliphatic rings. The maximum absolute atomic E-state index is 11.9. The molecule has 0 bridgehead atoms. The molecule has 1 aliphatic heterocycles. The van der Waals surface area contributed by atoms with Gasteiger partial charge in [-0.1, -0.05) is 23.9 Å². The third kappa shape index (κ3) is 5.46. The molecule has 0 spiro atoms. The number of carbonyl (C=O) groups is 1. The quantitative estimate of drug-likeness (QED) is 0.351. The predicted octanol–water partition coefficient (Wildman–Crippen LogP) is 4.89. The van der Waals surface area contributed by atoms with E-state index in [9.17, 15) is 15.3 Å². The Morgan fingerprint density at radius 2 is 2.03 bits per heavy atom. The van der Waals surface area contributed by atoms with Gasteiger partial charge in [0.15, 0.2) is 0 Å². The zero-order valence-corrected chi connectivity index (χ0v) is 20.7. The lowest BCUT2D eigenvalue weighted by Gasteiger charge is -2.25. The van der Waals surface area contributed by atoms with E-state index in [-0.39, 0.29) is 23.3 Å². The summed E-state index contributed by atoms with van der Waals surface area (Å²) in [6, 6.07) is 11.5. The van der Waals surface area contributed by atoms with E-state index in [0.29, 0.717) is 47.3 Å². The Bertz CT molecular complexity index is 1300. The molecule has 2 N–H and O–H groups in total. The second kappa shape index (κ2) is 11.3. The van der Waals surface area contributed by atoms with E-state index >= 15 is 0 Å². The topological polar surface area (TPSA) is 135 Å². The molecule has 10 heteroatoms. The number of thioether (sulfide) groups is 1. The molecular formula is C25H23N5O3S2. The Balaban J connectivity index is 1.54. The molecule has 8 nitrogen and oxygen atoms in total. The van der Waals surface area contributed by atoms with E-state index in [0.717, 1.165) is 29.1 Å². The molecule has 0 saturated carbocycles. The Kier molecular flexibility index (Phi) is 7.98. The van der Waals surface area contributed by atoms with E-state index in [1.165, 1.54) is 23.1 Å². The lowest BCUT2D eigenvalue weighted by molar-refractivity contribution is 0.0526. The highest BCUT2D eigenvalue weighted by molar-refractivity contribution is 7.98. The number of carbonyl (C=O) groups excluding carboxylic acids is 1. The summed E-state index contributed by atoms with van der Waals surface area (Å²) >= 11 is 2.87. The standard InChI is InChI=1S/C25H23N5O3S2/c1-2-33-25(31)16-7-5-15(6-8-16)23-29-18(13-34-23)14-35-24-20(11-27)21(17-4-3-9-32-12-17)19(10-26)22(28)30-24/h5-8,13,17H,2-4,9,12,14H2,1H3,(H2,28,30). The molecule has 3 heterocycles. The minimum absolute atomic E-state index is 0.0545. The molecule has 0 amide bonds. The average molecular weight is 506 g/mol. The van der Waals surface area contributed by atoms with Gasteiger partial charge in [-0.05, 0) is 37.5 Å². The number of aromatic nitrogens is 2. The largest absolute Gasteiger partial charge is 0.462 e. The van der Waals surface area contributed by atoms with Gasteiger partial charge in [0.05, 0.1) is 35.6 Å². The van der Waals surface area contributed by atoms with Crippen LogP contribution in [0.3, 0.4) is 0 Å². The maximum atomic E-state index is 11.9. The fourth-order valence-corrected chi connectivity index (χ4v) is 5.74. The normalized spacial score (nSPS) is 15.2. The first-order valence-corrected chi connectivity index (χ1v) is 13.0. The maximum Gasteiger partial charge on any atom is 0.338 e. The van der Waals surface area contributed by atoms with Crippen molar-refractivity contribution >= 4 is 34.9 Å². The number of hydrogen-bond donors (Lipinski definition) is 1. The summed E-state index contributed by atoms with van der Waals surface area (Å²) in [5, 5.41) is 22.9. The van der Waals surface area contributed by atoms with Gasteiger partial charge in [-0.25, -0.2) is 14.8 Å². The van der Waals surface area contributed by atoms with Crippen LogP contribution in [0.15, 0.2) is 34.7 Å². The van der Waals surface area contributed by atoms with Crippen LogP contribution in [0, 0.1) is 22.7 Å². The van der Waals surface area contributed by atoms with Crippen molar-refractivity contribution in [2.75, 3.05) is 25.6 Å². The number of benzene rings is 1. The summed E-state index contributed by atoms with van der Waals surface area (Å²) in [5.41, 5.74) is 9.65. The third-order valence-corrected chi connectivity index (χ3v) is 7.52. The van der Waals surface area contributed by atoms with Gasteiger partial charge in [0.2, 0.25) is 0 Å². The predicted molar refractivity (Wildman–Crippen MR) is 134 cm³/mol. The number of rotatable bonds is 7. The number of thiazole rings is 1. The van der Waals surface area contributed by atoms with Crippen molar-refractivity contribution in [3.8, 4) is 22.7 Å². The molecule has 35 heavy (non-hydrogen) atoms. The molecule has 1 unspecified atom stereocenters. The SMILES string of the molecule is CCOC(=O)c1ccc(-c2nc(CSc3nc(N)c(C#N)c(C4CCCOC4)c3C#N)cs2)cc1. The summed E-state index contributed by atoms with van der Waals surface area (Å²) in [6.45, 7) is 3.24. The van der Waals surface area contributed by atoms with Gasteiger partial charge < -0.3 is 15.2 Å². The molecule has 178 valence electrons. The highest BCUT2D eigenvalue weighted by Gasteiger charge is 2.27. The van der Waals surface area contributed by atoms with Crippen LogP contribution in [0.1, 0.15) is 58.4 Å². The fraction of sp³-hybridized carbons (Fsp3) is 0.320. The first-order chi connectivity index (χ1) is 17.0. The van der Waals surface area contributed by atoms with Gasteiger partial charge in [-0.2, -0.15) is 10.5 Å². The summed E-state index contributed by atoms with van der Waals surface area (Å²) in [6.07, 6.45) is 1.70. The van der Waals surface area contributed by atoms with Crippen molar-refractivity contribution in [2.45, 2.75) is 36.5 Å². The van der Waals surface area contributed by atoms with Gasteiger partial charge in [0.1, 0.15) is 28.0 Å². The number of hydrogen-bond acceptors (Lipinski definition) is 10. The van der Waals surface area contributed by atoms with Crippen LogP contribution in [0.4, 0.5) is 5.82 Å². The van der Waals surface area contributed by atoms with Crippen molar-refractivity contribution in [1.82, 2.24) is 9.97 Å². The van der Waals surface area contributed by atoms with Crippen molar-refractivity contribution in [3.05, 3.63) is 57.6 Å². The average Bonchev–Trinajstić information content (AvgIpc) is 3.37. The number of nitrogen functional groups attached to an aromatic ring is 1. The van der Waals surface area contributed by atoms with Crippen LogP contribution >= 0.6 is 23.1 Å². The number of nitrogens with two attached hydrogens (primary N) is 1. The highest BCUT2D eigenvalue weighted by atomic mass is 32.2. The van der Waals surface area contributed by atoms with Gasteiger partial charge >= 0.3 is 5.97 Å². The first-order valence-electron chi connectivity index (χ1n) is 11.1. The Hall–Kier alpha value is -3.44. The van der Waals surface area contributed by atoms with Crippen LogP contribution in [0.2, 0.25) is 0 Å². The Morgan fingerprint density at radius 1 is 1.26 bits per heavy atom. The highest BCUT2D eigenvalue weighted by Crippen LogP contribution is 2.37. The summed E-state index contributed by atoms with van der Waals surface area (Å²) in [7, 11) is 0. The van der Waals surface area contributed by atoms with E-state index in [2.05, 4.69) is 17.1 Å². The van der Waals surface area contributed by atoms with E-state index in [4.69, 9.17) is 20.2 Å². The minimum Gasteiger partial charge on any atom is -0.462 e. The number of esters is 1. The molecule has 1 aromatic carbocycles. The smallest absolute Gasteiger partial charge is 0.338 e. The minimum atomic E-state index is -0.350. The van der Waals surface area contributed by atoms with E-state index in [1.807, 2.05) is 17.5 Å². The van der Waals surface area contributed by atoms with Crippen molar-refractivity contribution < 1.29 is 14.3 Å². The number of anilines is 1. The fourth-order valence-electron chi connectivity index (χ4n) is 3.92. The number of ether oxygens (including phenoxy) is 2. The lowest BCUT2D eigenvalue weighted by atomic mass is 9.88. The Labute approximate surface area is 211 Å². The molecule has 1 fully saturated rings. The van der Waals surface area contributed by atoms with Gasteiger partial charge in [-0.15, -0.1) is 11.3 Å². The second-order valence-corrected chi connectivity index (χ2v) is 9.66. The number of nitriles is 2. The van der Waals surface area contributed by atoms with Crippen LogP contribution in [-0.4, -0.2) is 35.8 Å². The van der Waals surface area contributed by atoms with Crippen molar-refractivity contribution in [2.24, 2.45) is 0 Å². The van der Waals surface area contributed by atoms with Gasteiger partial charge in [0.25, 0.3) is 0 Å². The summed E-state index contributed by atoms with van der Waals surface area (Å²) in [4.78, 5) is 20.9. The molecule has 0 radical (unpaired) electrons. The third-order valence-electron chi connectivity index (χ3n) is 5.57. The van der Waals surface area contributed by atoms with Gasteiger partial charge in [0, 0.05) is 29.2 Å². The van der Waals surface area contributed by atoms with Gasteiger partial charge in [-0.3, -0.25) is 0 Å². The molecule has 0 aliphatic carbocycles. The zero-order chi connectivity index (χ0) is 24.8. The molecule has 4 rings (SSSR count). The monoisotopic (exact) mass is 505 g/mol. The van der Waals surface area contributed by atoms with Crippen molar-refractivity contribution in [3.63, 3.8) is 0 Å². The molecule has 1 saturated heterocycles. The van der Waals surface area contributed by atoms with E-state index in [1.54, 1.807) is 19.1 Å². The molecule has 1 atom stereocenters. The lowest BCUT2D eigenvalue weighted by Crippen LogP contribution is -2.19. The molecular weight excluding hydrogens is 482 g/mol. The summed E-state index contributed by atoms with van der Waals surface area (Å²) < 4.78 is 10.6. The first kappa shape index (κ1) is 24.7. The van der Waals surface area contributed by atoms with Crippen molar-refractivity contribution in [1.29, 1.82) is 10.5 Å². The molecule has 2 aromatic heterocycles. The summed E-state index contributed by atoms with van der Waals surface area (Å²) in [5.74, 6) is 0.221. The van der Waals surface area contributed by atoms with Crippen LogP contribution in [0.5, 0.6) is 0 Å². The van der Waals surface area contributed by atoms with Crippen LogP contribution in [0.25, 0.3) is 10.6 Å². The second-order valence-electron chi connectivity index (χ2n) is 7.83. The van der Waals surface area contributed by atoms with Crippen LogP contribution < -0.4 is 5.73 Å². The Morgan fingerprint density at radius 3 is 2.69 bits per heavy atom.